The minimum Gasteiger partial charge on any atom is -0.383 e. The molecule has 8 heteroatoms. The molecule has 1 aromatic carbocycles. The Labute approximate surface area is 182 Å². The maximum atomic E-state index is 13.0. The molecule has 0 radical (unpaired) electrons. The minimum atomic E-state index is -0.434. The van der Waals surface area contributed by atoms with Crippen LogP contribution in [0.25, 0.3) is 0 Å². The summed E-state index contributed by atoms with van der Waals surface area (Å²) in [6, 6.07) is 9.92. The number of hydrogen-bond acceptors (Lipinski definition) is 5. The molecular weight excluding hydrogens is 392 g/mol. The van der Waals surface area contributed by atoms with Crippen LogP contribution >= 0.6 is 0 Å². The Morgan fingerprint density at radius 2 is 2.00 bits per heavy atom. The average molecular weight is 425 g/mol. The molecule has 0 saturated heterocycles. The molecule has 1 aliphatic rings. The summed E-state index contributed by atoms with van der Waals surface area (Å²) in [5.41, 5.74) is 14.2. The number of amides is 1. The van der Waals surface area contributed by atoms with Crippen LogP contribution in [0, 0.1) is 0 Å². The first-order chi connectivity index (χ1) is 14.9. The normalized spacial score (nSPS) is 14.1. The van der Waals surface area contributed by atoms with Gasteiger partial charge in [0.15, 0.2) is 0 Å². The number of pyridine rings is 1. The quantitative estimate of drug-likeness (QED) is 0.380. The van der Waals surface area contributed by atoms with E-state index < -0.39 is 5.91 Å². The van der Waals surface area contributed by atoms with Gasteiger partial charge in [0.2, 0.25) is 0 Å². The van der Waals surface area contributed by atoms with E-state index in [-0.39, 0.29) is 17.2 Å². The van der Waals surface area contributed by atoms with Gasteiger partial charge < -0.3 is 26.3 Å². The predicted molar refractivity (Wildman–Crippen MR) is 124 cm³/mol. The van der Waals surface area contributed by atoms with Gasteiger partial charge in [-0.15, -0.1) is 0 Å². The van der Waals surface area contributed by atoms with Crippen LogP contribution < -0.4 is 22.3 Å². The van der Waals surface area contributed by atoms with E-state index in [0.717, 1.165) is 37.9 Å². The molecule has 0 atom stereocenters. The summed E-state index contributed by atoms with van der Waals surface area (Å²) in [6.07, 6.45) is 4.63. The maximum Gasteiger partial charge on any atom is 0.263 e. The Kier molecular flexibility index (Phi) is 7.59. The topological polar surface area (TPSA) is 119 Å². The number of benzene rings is 1. The molecule has 1 aromatic heterocycles. The van der Waals surface area contributed by atoms with Crippen molar-refractivity contribution in [3.05, 3.63) is 69.1 Å². The van der Waals surface area contributed by atoms with E-state index in [0.29, 0.717) is 24.5 Å². The zero-order chi connectivity index (χ0) is 22.4. The molecule has 5 N–H and O–H groups in total. The number of rotatable bonds is 10. The van der Waals surface area contributed by atoms with Gasteiger partial charge in [-0.25, -0.2) is 0 Å². The summed E-state index contributed by atoms with van der Waals surface area (Å²) in [6.45, 7) is 2.75. The molecule has 0 aliphatic heterocycles. The zero-order valence-corrected chi connectivity index (χ0v) is 18.3. The van der Waals surface area contributed by atoms with Crippen molar-refractivity contribution in [1.82, 2.24) is 14.8 Å². The second-order valence-electron chi connectivity index (χ2n) is 8.06. The first kappa shape index (κ1) is 22.7. The van der Waals surface area contributed by atoms with Crippen LogP contribution in [-0.2, 0) is 13.0 Å². The Hall–Kier alpha value is -2.97. The van der Waals surface area contributed by atoms with Crippen molar-refractivity contribution in [2.24, 2.45) is 16.5 Å². The lowest BCUT2D eigenvalue weighted by atomic mass is 10.1. The van der Waals surface area contributed by atoms with E-state index in [4.69, 9.17) is 11.5 Å². The van der Waals surface area contributed by atoms with E-state index in [9.17, 15) is 9.59 Å². The lowest BCUT2D eigenvalue weighted by Crippen LogP contribution is -2.33. The van der Waals surface area contributed by atoms with Crippen molar-refractivity contribution in [3.8, 4) is 0 Å². The summed E-state index contributed by atoms with van der Waals surface area (Å²) in [7, 11) is 3.56. The summed E-state index contributed by atoms with van der Waals surface area (Å²) < 4.78 is 1.54. The second-order valence-corrected chi connectivity index (χ2v) is 8.06. The van der Waals surface area contributed by atoms with Crippen molar-refractivity contribution in [1.29, 1.82) is 0 Å². The largest absolute Gasteiger partial charge is 0.383 e. The monoisotopic (exact) mass is 424 g/mol. The number of nitrogens with one attached hydrogen (secondary N) is 1. The molecule has 1 amide bonds. The molecule has 31 heavy (non-hydrogen) atoms. The second kappa shape index (κ2) is 10.4. The SMILES string of the molecule is CNC(=O)c1cc(C(N)=NC2CC2)cn(Cc2cccc(CCN(C)CCN)c2)c1=O. The van der Waals surface area contributed by atoms with Crippen LogP contribution in [0.1, 0.15) is 39.9 Å². The van der Waals surface area contributed by atoms with Crippen LogP contribution in [0.4, 0.5) is 0 Å². The highest BCUT2D eigenvalue weighted by Gasteiger charge is 2.22. The van der Waals surface area contributed by atoms with Gasteiger partial charge >= 0.3 is 0 Å². The highest BCUT2D eigenvalue weighted by atomic mass is 16.2. The summed E-state index contributed by atoms with van der Waals surface area (Å²) in [5, 5.41) is 2.53. The number of carbonyl (C=O) groups excluding carboxylic acids is 1. The van der Waals surface area contributed by atoms with Crippen molar-refractivity contribution >= 4 is 11.7 Å². The number of nitrogens with zero attached hydrogens (tertiary/aromatic N) is 3. The van der Waals surface area contributed by atoms with Crippen LogP contribution in [0.3, 0.4) is 0 Å². The molecule has 0 spiro atoms. The highest BCUT2D eigenvalue weighted by Crippen LogP contribution is 2.24. The van der Waals surface area contributed by atoms with Crippen LogP contribution in [-0.4, -0.2) is 61.0 Å². The molecule has 0 unspecified atom stereocenters. The van der Waals surface area contributed by atoms with Gasteiger partial charge in [-0.3, -0.25) is 14.6 Å². The van der Waals surface area contributed by atoms with Crippen molar-refractivity contribution in [2.75, 3.05) is 33.7 Å². The van der Waals surface area contributed by atoms with E-state index in [1.165, 1.54) is 23.2 Å². The molecule has 1 fully saturated rings. The van der Waals surface area contributed by atoms with Gasteiger partial charge in [-0.1, -0.05) is 24.3 Å². The first-order valence-electron chi connectivity index (χ1n) is 10.7. The third-order valence-corrected chi connectivity index (χ3v) is 5.36. The van der Waals surface area contributed by atoms with E-state index in [1.54, 1.807) is 6.20 Å². The molecule has 3 rings (SSSR count). The number of carbonyl (C=O) groups is 1. The molecule has 1 saturated carbocycles. The minimum absolute atomic E-state index is 0.0634. The Balaban J connectivity index is 1.87. The molecule has 0 bridgehead atoms. The fourth-order valence-corrected chi connectivity index (χ4v) is 3.40. The number of aromatic nitrogens is 1. The standard InChI is InChI=1S/C23H32N6O2/c1-26-22(30)20-13-18(21(25)27-19-6-7-19)15-29(23(20)31)14-17-5-3-4-16(12-17)8-10-28(2)11-9-24/h3-5,12-13,15,19H,6-11,14,24H2,1-2H3,(H2,25,27)(H,26,30). The van der Waals surface area contributed by atoms with Crippen molar-refractivity contribution in [3.63, 3.8) is 0 Å². The number of nitrogens with two attached hydrogens (primary N) is 2. The third kappa shape index (κ3) is 6.26. The van der Waals surface area contributed by atoms with Gasteiger partial charge in [0.05, 0.1) is 12.6 Å². The molecule has 1 aliphatic carbocycles. The maximum absolute atomic E-state index is 13.0. The van der Waals surface area contributed by atoms with Crippen LogP contribution in [0.15, 0.2) is 46.3 Å². The summed E-state index contributed by atoms with van der Waals surface area (Å²) >= 11 is 0. The van der Waals surface area contributed by atoms with Gasteiger partial charge in [-0.05, 0) is 43.5 Å². The predicted octanol–water partition coefficient (Wildman–Crippen LogP) is 0.557. The molecule has 1 heterocycles. The zero-order valence-electron chi connectivity index (χ0n) is 18.3. The van der Waals surface area contributed by atoms with E-state index in [2.05, 4.69) is 34.4 Å². The average Bonchev–Trinajstić information content (AvgIpc) is 3.57. The molecule has 2 aromatic rings. The molecular formula is C23H32N6O2. The van der Waals surface area contributed by atoms with Gasteiger partial charge in [-0.2, -0.15) is 0 Å². The van der Waals surface area contributed by atoms with Gasteiger partial charge in [0, 0.05) is 38.4 Å². The van der Waals surface area contributed by atoms with Gasteiger partial charge in [0.25, 0.3) is 11.5 Å². The third-order valence-electron chi connectivity index (χ3n) is 5.36. The van der Waals surface area contributed by atoms with Crippen molar-refractivity contribution < 1.29 is 4.79 Å². The Morgan fingerprint density at radius 3 is 2.68 bits per heavy atom. The Morgan fingerprint density at radius 1 is 1.26 bits per heavy atom. The number of aliphatic imine (C=N–C) groups is 1. The van der Waals surface area contributed by atoms with Crippen molar-refractivity contribution in [2.45, 2.75) is 31.8 Å². The number of likely N-dealkylation sites (N-methyl/N-ethyl adjacent to an activating group) is 1. The fraction of sp³-hybridized carbons (Fsp3) is 0.435. The van der Waals surface area contributed by atoms with E-state index >= 15 is 0 Å². The summed E-state index contributed by atoms with van der Waals surface area (Å²) in [5.74, 6) is -0.0744. The smallest absolute Gasteiger partial charge is 0.263 e. The van der Waals surface area contributed by atoms with Crippen LogP contribution in [0.2, 0.25) is 0 Å². The van der Waals surface area contributed by atoms with Crippen LogP contribution in [0.5, 0.6) is 0 Å². The lowest BCUT2D eigenvalue weighted by molar-refractivity contribution is 0.0961. The molecule has 8 nitrogen and oxygen atoms in total. The summed E-state index contributed by atoms with van der Waals surface area (Å²) in [4.78, 5) is 31.9. The Bertz CT molecular complexity index is 1010. The fourth-order valence-electron chi connectivity index (χ4n) is 3.40. The first-order valence-corrected chi connectivity index (χ1v) is 10.7. The number of amidine groups is 1. The highest BCUT2D eigenvalue weighted by molar-refractivity contribution is 6.01. The number of hydrogen-bond donors (Lipinski definition) is 3. The van der Waals surface area contributed by atoms with Gasteiger partial charge in [0.1, 0.15) is 11.4 Å². The van der Waals surface area contributed by atoms with E-state index in [1.807, 2.05) is 12.1 Å². The lowest BCUT2D eigenvalue weighted by Gasteiger charge is -2.16. The molecule has 166 valence electrons.